The van der Waals surface area contributed by atoms with Crippen molar-refractivity contribution in [2.24, 2.45) is 0 Å². The summed E-state index contributed by atoms with van der Waals surface area (Å²) in [4.78, 5) is 15.1. The number of anilines is 1. The van der Waals surface area contributed by atoms with Gasteiger partial charge in [0.05, 0.1) is 18.5 Å². The minimum Gasteiger partial charge on any atom is -0.348 e. The smallest absolute Gasteiger partial charge is 0.251 e. The number of nitrogens with one attached hydrogen (secondary N) is 1. The zero-order chi connectivity index (χ0) is 24.8. The number of sulfonamides is 1. The Morgan fingerprint density at radius 1 is 0.943 bits per heavy atom. The summed E-state index contributed by atoms with van der Waals surface area (Å²) in [5.74, 6) is -0.213. The van der Waals surface area contributed by atoms with E-state index in [4.69, 9.17) is 11.6 Å². The molecule has 1 heterocycles. The zero-order valence-corrected chi connectivity index (χ0v) is 21.4. The lowest BCUT2D eigenvalue weighted by Gasteiger charge is -2.23. The molecule has 1 aliphatic rings. The number of hydrogen-bond acceptors (Lipinski definition) is 4. The van der Waals surface area contributed by atoms with E-state index in [0.29, 0.717) is 28.4 Å². The Morgan fingerprint density at radius 2 is 1.57 bits per heavy atom. The predicted octanol–water partition coefficient (Wildman–Crippen LogP) is 4.83. The normalized spacial score (nSPS) is 14.1. The molecule has 8 heteroatoms. The topological polar surface area (TPSA) is 69.7 Å². The van der Waals surface area contributed by atoms with E-state index in [1.807, 2.05) is 18.2 Å². The summed E-state index contributed by atoms with van der Waals surface area (Å²) in [6.07, 6.45) is 3.71. The van der Waals surface area contributed by atoms with Crippen molar-refractivity contribution in [1.82, 2.24) is 10.2 Å². The number of benzene rings is 3. The van der Waals surface area contributed by atoms with E-state index in [1.54, 1.807) is 42.5 Å². The monoisotopic (exact) mass is 511 g/mol. The van der Waals surface area contributed by atoms with E-state index in [-0.39, 0.29) is 12.5 Å². The Labute approximate surface area is 212 Å². The van der Waals surface area contributed by atoms with Crippen LogP contribution in [0.1, 0.15) is 39.9 Å². The van der Waals surface area contributed by atoms with E-state index < -0.39 is 10.0 Å². The fraction of sp³-hybridized carbons (Fsp3) is 0.296. The van der Waals surface area contributed by atoms with Gasteiger partial charge in [-0.2, -0.15) is 0 Å². The van der Waals surface area contributed by atoms with Crippen molar-refractivity contribution in [3.05, 3.63) is 100 Å². The molecular weight excluding hydrogens is 482 g/mol. The largest absolute Gasteiger partial charge is 0.348 e. The van der Waals surface area contributed by atoms with Gasteiger partial charge in [0.2, 0.25) is 10.0 Å². The maximum atomic E-state index is 12.7. The number of halogens is 1. The molecule has 0 unspecified atom stereocenters. The molecule has 3 aromatic rings. The molecule has 0 atom stereocenters. The predicted molar refractivity (Wildman–Crippen MR) is 141 cm³/mol. The third-order valence-corrected chi connectivity index (χ3v) is 7.68. The highest BCUT2D eigenvalue weighted by Crippen LogP contribution is 2.24. The molecule has 1 saturated heterocycles. The van der Waals surface area contributed by atoms with Gasteiger partial charge in [0.1, 0.15) is 0 Å². The highest BCUT2D eigenvalue weighted by Gasteiger charge is 2.19. The SMILES string of the molecule is CS(=O)(=O)N(Cc1ccccc1Cl)c1ccc(C(=O)NCc2ccc(CN3CCCC3)cc2)cc1. The van der Waals surface area contributed by atoms with Crippen LogP contribution < -0.4 is 9.62 Å². The van der Waals surface area contributed by atoms with Crippen LogP contribution in [0, 0.1) is 0 Å². The maximum Gasteiger partial charge on any atom is 0.251 e. The Hall–Kier alpha value is -2.87. The first-order valence-corrected chi connectivity index (χ1v) is 13.9. The van der Waals surface area contributed by atoms with Gasteiger partial charge in [-0.1, -0.05) is 54.1 Å². The van der Waals surface area contributed by atoms with Crippen molar-refractivity contribution in [3.8, 4) is 0 Å². The number of carbonyl (C=O) groups excluding carboxylic acids is 1. The summed E-state index contributed by atoms with van der Waals surface area (Å²) in [5.41, 5.74) is 3.95. The molecule has 1 fully saturated rings. The molecule has 0 bridgehead atoms. The molecular formula is C27H30ClN3O3S. The van der Waals surface area contributed by atoms with Crippen molar-refractivity contribution < 1.29 is 13.2 Å². The minimum atomic E-state index is -3.55. The number of carbonyl (C=O) groups is 1. The summed E-state index contributed by atoms with van der Waals surface area (Å²) >= 11 is 6.23. The first-order valence-electron chi connectivity index (χ1n) is 11.7. The third kappa shape index (κ3) is 6.84. The van der Waals surface area contributed by atoms with Gasteiger partial charge in [0.15, 0.2) is 0 Å². The molecule has 4 rings (SSSR count). The molecule has 0 aromatic heterocycles. The van der Waals surface area contributed by atoms with Gasteiger partial charge >= 0.3 is 0 Å². The van der Waals surface area contributed by atoms with Crippen molar-refractivity contribution in [1.29, 1.82) is 0 Å². The number of rotatable bonds is 9. The average molecular weight is 512 g/mol. The first-order chi connectivity index (χ1) is 16.8. The molecule has 1 amide bonds. The maximum absolute atomic E-state index is 12.7. The Bertz CT molecular complexity index is 1260. The zero-order valence-electron chi connectivity index (χ0n) is 19.8. The molecule has 0 saturated carbocycles. The van der Waals surface area contributed by atoms with Crippen LogP contribution in [-0.2, 0) is 29.7 Å². The van der Waals surface area contributed by atoms with E-state index in [9.17, 15) is 13.2 Å². The number of hydrogen-bond donors (Lipinski definition) is 1. The van der Waals surface area contributed by atoms with Gasteiger partial charge in [0, 0.05) is 23.7 Å². The Balaban J connectivity index is 1.37. The quantitative estimate of drug-likeness (QED) is 0.446. The van der Waals surface area contributed by atoms with Crippen LogP contribution >= 0.6 is 11.6 Å². The summed E-state index contributed by atoms with van der Waals surface area (Å²) in [5, 5.41) is 3.44. The fourth-order valence-corrected chi connectivity index (χ4v) is 5.28. The summed E-state index contributed by atoms with van der Waals surface area (Å²) < 4.78 is 26.2. The summed E-state index contributed by atoms with van der Waals surface area (Å²) in [6.45, 7) is 3.83. The van der Waals surface area contributed by atoms with Gasteiger partial charge in [0.25, 0.3) is 5.91 Å². The van der Waals surface area contributed by atoms with Crippen LogP contribution in [0.15, 0.2) is 72.8 Å². The standard InChI is InChI=1S/C27H30ClN3O3S/c1-35(33,34)31(20-24-6-2-3-7-26(24)28)25-14-12-23(13-15-25)27(32)29-18-21-8-10-22(11-9-21)19-30-16-4-5-17-30/h2-3,6-15H,4-5,16-20H2,1H3,(H,29,32). The Kier molecular flexibility index (Phi) is 8.11. The molecule has 0 radical (unpaired) electrons. The lowest BCUT2D eigenvalue weighted by molar-refractivity contribution is 0.0951. The van der Waals surface area contributed by atoms with Gasteiger partial charge in [-0.25, -0.2) is 8.42 Å². The number of amides is 1. The molecule has 0 aliphatic carbocycles. The van der Waals surface area contributed by atoms with E-state index in [1.165, 1.54) is 35.8 Å². The van der Waals surface area contributed by atoms with Crippen LogP contribution in [0.3, 0.4) is 0 Å². The summed E-state index contributed by atoms with van der Waals surface area (Å²) in [6, 6.07) is 22.0. The molecule has 1 aliphatic heterocycles. The van der Waals surface area contributed by atoms with E-state index >= 15 is 0 Å². The molecule has 0 spiro atoms. The van der Waals surface area contributed by atoms with Crippen LogP contribution in [0.5, 0.6) is 0 Å². The minimum absolute atomic E-state index is 0.109. The molecule has 35 heavy (non-hydrogen) atoms. The molecule has 184 valence electrons. The summed E-state index contributed by atoms with van der Waals surface area (Å²) in [7, 11) is -3.55. The second-order valence-electron chi connectivity index (χ2n) is 8.89. The lowest BCUT2D eigenvalue weighted by atomic mass is 10.1. The van der Waals surface area contributed by atoms with Crippen LogP contribution in [0.25, 0.3) is 0 Å². The van der Waals surface area contributed by atoms with Crippen molar-refractivity contribution >= 4 is 33.2 Å². The Morgan fingerprint density at radius 3 is 2.20 bits per heavy atom. The molecule has 3 aromatic carbocycles. The highest BCUT2D eigenvalue weighted by atomic mass is 35.5. The van der Waals surface area contributed by atoms with Crippen molar-refractivity contribution in [3.63, 3.8) is 0 Å². The lowest BCUT2D eigenvalue weighted by Crippen LogP contribution is -2.29. The van der Waals surface area contributed by atoms with Crippen molar-refractivity contribution in [2.75, 3.05) is 23.7 Å². The van der Waals surface area contributed by atoms with Crippen LogP contribution in [0.4, 0.5) is 5.69 Å². The highest BCUT2D eigenvalue weighted by molar-refractivity contribution is 7.92. The van der Waals surface area contributed by atoms with Gasteiger partial charge in [-0.3, -0.25) is 14.0 Å². The third-order valence-electron chi connectivity index (χ3n) is 6.17. The van der Waals surface area contributed by atoms with E-state index in [0.717, 1.165) is 18.4 Å². The first kappa shape index (κ1) is 25.2. The van der Waals surface area contributed by atoms with Gasteiger partial charge < -0.3 is 5.32 Å². The van der Waals surface area contributed by atoms with Crippen LogP contribution in [-0.4, -0.2) is 38.6 Å². The van der Waals surface area contributed by atoms with Crippen molar-refractivity contribution in [2.45, 2.75) is 32.5 Å². The van der Waals surface area contributed by atoms with Crippen LogP contribution in [0.2, 0.25) is 5.02 Å². The second kappa shape index (κ2) is 11.2. The average Bonchev–Trinajstić information content (AvgIpc) is 3.35. The molecule has 6 nitrogen and oxygen atoms in total. The molecule has 1 N–H and O–H groups in total. The van der Waals surface area contributed by atoms with Gasteiger partial charge in [-0.05, 0) is 73.0 Å². The fourth-order valence-electron chi connectivity index (χ4n) is 4.21. The number of likely N-dealkylation sites (tertiary alicyclic amines) is 1. The van der Waals surface area contributed by atoms with Gasteiger partial charge in [-0.15, -0.1) is 0 Å². The second-order valence-corrected chi connectivity index (χ2v) is 11.2. The van der Waals surface area contributed by atoms with E-state index in [2.05, 4.69) is 22.3 Å². The number of nitrogens with zero attached hydrogens (tertiary/aromatic N) is 2.